The molecule has 2 heterocycles. The molecule has 7 heteroatoms. The molecular weight excluding hydrogens is 284 g/mol. The molecule has 0 unspecified atom stereocenters. The number of aryl methyl sites for hydroxylation is 1. The Kier molecular flexibility index (Phi) is 5.32. The summed E-state index contributed by atoms with van der Waals surface area (Å²) < 4.78 is 4.37. The van der Waals surface area contributed by atoms with Crippen LogP contribution in [-0.4, -0.2) is 30.4 Å². The van der Waals surface area contributed by atoms with Crippen LogP contribution in [0.15, 0.2) is 28.6 Å². The summed E-state index contributed by atoms with van der Waals surface area (Å²) in [5, 5.41) is 8.76. The highest BCUT2D eigenvalue weighted by molar-refractivity contribution is 5.70. The molecule has 22 heavy (non-hydrogen) atoms. The summed E-state index contributed by atoms with van der Waals surface area (Å²) in [6, 6.07) is 0. The van der Waals surface area contributed by atoms with E-state index in [2.05, 4.69) is 11.6 Å². The second-order valence-corrected chi connectivity index (χ2v) is 5.29. The predicted octanol–water partition coefficient (Wildman–Crippen LogP) is 0.635. The standard InChI is InChI=1S/C15H22N4O3/c1-3-8-18-11-16-13-12(18)14(21)19(15(22)17(13)2)9-6-4-5-7-10-20/h3,11,20H,1,4-10H2,2H3. The van der Waals surface area contributed by atoms with Gasteiger partial charge in [-0.2, -0.15) is 0 Å². The van der Waals surface area contributed by atoms with Crippen molar-refractivity contribution in [2.75, 3.05) is 6.61 Å². The van der Waals surface area contributed by atoms with Gasteiger partial charge in [0, 0.05) is 26.7 Å². The summed E-state index contributed by atoms with van der Waals surface area (Å²) >= 11 is 0. The third-order valence-corrected chi connectivity index (χ3v) is 3.72. The molecule has 2 rings (SSSR count). The SMILES string of the molecule is C=CCn1cnc2c1c(=O)n(CCCCCCO)c(=O)n2C. The van der Waals surface area contributed by atoms with Crippen LogP contribution < -0.4 is 11.2 Å². The van der Waals surface area contributed by atoms with Crippen molar-refractivity contribution in [1.29, 1.82) is 0 Å². The molecule has 0 aliphatic carbocycles. The van der Waals surface area contributed by atoms with Crippen molar-refractivity contribution in [1.82, 2.24) is 18.7 Å². The van der Waals surface area contributed by atoms with Crippen molar-refractivity contribution in [3.05, 3.63) is 39.8 Å². The van der Waals surface area contributed by atoms with Gasteiger partial charge in [-0.15, -0.1) is 6.58 Å². The number of imidazole rings is 1. The minimum atomic E-state index is -0.344. The Hall–Kier alpha value is -2.15. The summed E-state index contributed by atoms with van der Waals surface area (Å²) in [6.07, 6.45) is 6.49. The largest absolute Gasteiger partial charge is 0.396 e. The fourth-order valence-corrected chi connectivity index (χ4v) is 2.53. The average molecular weight is 306 g/mol. The molecule has 0 aliphatic heterocycles. The smallest absolute Gasteiger partial charge is 0.332 e. The van der Waals surface area contributed by atoms with Gasteiger partial charge in [0.2, 0.25) is 0 Å². The number of allylic oxidation sites excluding steroid dienone is 1. The van der Waals surface area contributed by atoms with Crippen LogP contribution in [0, 0.1) is 0 Å². The predicted molar refractivity (Wildman–Crippen MR) is 85.0 cm³/mol. The van der Waals surface area contributed by atoms with Crippen LogP contribution in [-0.2, 0) is 20.1 Å². The number of hydrogen-bond donors (Lipinski definition) is 1. The third kappa shape index (κ3) is 3.04. The van der Waals surface area contributed by atoms with E-state index in [1.165, 1.54) is 9.13 Å². The van der Waals surface area contributed by atoms with Crippen molar-refractivity contribution in [2.24, 2.45) is 7.05 Å². The van der Waals surface area contributed by atoms with Gasteiger partial charge in [-0.05, 0) is 12.8 Å². The molecule has 0 saturated carbocycles. The molecule has 0 atom stereocenters. The molecule has 0 amide bonds. The van der Waals surface area contributed by atoms with Gasteiger partial charge in [0.25, 0.3) is 5.56 Å². The Morgan fingerprint density at radius 1 is 1.27 bits per heavy atom. The van der Waals surface area contributed by atoms with Gasteiger partial charge in [-0.3, -0.25) is 13.9 Å². The lowest BCUT2D eigenvalue weighted by Crippen LogP contribution is -2.39. The first-order valence-corrected chi connectivity index (χ1v) is 7.48. The number of unbranched alkanes of at least 4 members (excludes halogenated alkanes) is 3. The van der Waals surface area contributed by atoms with E-state index in [9.17, 15) is 9.59 Å². The first-order chi connectivity index (χ1) is 10.6. The maximum absolute atomic E-state index is 12.6. The topological polar surface area (TPSA) is 82.1 Å². The zero-order valence-corrected chi connectivity index (χ0v) is 12.9. The van der Waals surface area contributed by atoms with Crippen LogP contribution in [0.3, 0.4) is 0 Å². The van der Waals surface area contributed by atoms with Crippen molar-refractivity contribution >= 4 is 11.2 Å². The number of rotatable bonds is 8. The Bertz CT molecular complexity index is 769. The maximum atomic E-state index is 12.6. The monoisotopic (exact) mass is 306 g/mol. The highest BCUT2D eigenvalue weighted by atomic mass is 16.3. The normalized spacial score (nSPS) is 11.2. The molecule has 0 saturated heterocycles. The van der Waals surface area contributed by atoms with Gasteiger partial charge in [0.15, 0.2) is 11.2 Å². The van der Waals surface area contributed by atoms with E-state index >= 15 is 0 Å². The number of aromatic nitrogens is 4. The maximum Gasteiger partial charge on any atom is 0.332 e. The van der Waals surface area contributed by atoms with E-state index in [1.54, 1.807) is 24.0 Å². The molecule has 0 bridgehead atoms. The molecule has 7 nitrogen and oxygen atoms in total. The number of aliphatic hydroxyl groups excluding tert-OH is 1. The molecule has 0 aromatic carbocycles. The minimum absolute atomic E-state index is 0.175. The van der Waals surface area contributed by atoms with Gasteiger partial charge >= 0.3 is 5.69 Å². The van der Waals surface area contributed by atoms with E-state index in [-0.39, 0.29) is 17.9 Å². The quantitative estimate of drug-likeness (QED) is 0.573. The van der Waals surface area contributed by atoms with E-state index < -0.39 is 0 Å². The molecule has 2 aromatic heterocycles. The first kappa shape index (κ1) is 16.2. The minimum Gasteiger partial charge on any atom is -0.396 e. The van der Waals surface area contributed by atoms with Crippen molar-refractivity contribution in [3.8, 4) is 0 Å². The van der Waals surface area contributed by atoms with Crippen LogP contribution in [0.1, 0.15) is 25.7 Å². The van der Waals surface area contributed by atoms with Gasteiger partial charge in [0.05, 0.1) is 6.33 Å². The second kappa shape index (κ2) is 7.22. The van der Waals surface area contributed by atoms with Crippen LogP contribution in [0.5, 0.6) is 0 Å². The van der Waals surface area contributed by atoms with Crippen LogP contribution in [0.4, 0.5) is 0 Å². The van der Waals surface area contributed by atoms with Crippen LogP contribution >= 0.6 is 0 Å². The van der Waals surface area contributed by atoms with Gasteiger partial charge < -0.3 is 9.67 Å². The van der Waals surface area contributed by atoms with Crippen LogP contribution in [0.25, 0.3) is 11.2 Å². The molecule has 120 valence electrons. The van der Waals surface area contributed by atoms with Crippen molar-refractivity contribution < 1.29 is 5.11 Å². The Labute approximate surface area is 128 Å². The summed E-state index contributed by atoms with van der Waals surface area (Å²) in [6.45, 7) is 4.69. The Morgan fingerprint density at radius 3 is 2.68 bits per heavy atom. The highest BCUT2D eigenvalue weighted by Gasteiger charge is 2.15. The summed E-state index contributed by atoms with van der Waals surface area (Å²) in [7, 11) is 1.62. The molecular formula is C15H22N4O3. The molecule has 0 radical (unpaired) electrons. The summed E-state index contributed by atoms with van der Waals surface area (Å²) in [4.78, 5) is 29.1. The van der Waals surface area contributed by atoms with E-state index in [1.807, 2.05) is 0 Å². The highest BCUT2D eigenvalue weighted by Crippen LogP contribution is 2.06. The fraction of sp³-hybridized carbons (Fsp3) is 0.533. The number of fused-ring (bicyclic) bond motifs is 1. The van der Waals surface area contributed by atoms with Gasteiger partial charge in [-0.1, -0.05) is 18.9 Å². The van der Waals surface area contributed by atoms with Crippen molar-refractivity contribution in [3.63, 3.8) is 0 Å². The second-order valence-electron chi connectivity index (χ2n) is 5.29. The number of hydrogen-bond acceptors (Lipinski definition) is 4. The summed E-state index contributed by atoms with van der Waals surface area (Å²) in [5.41, 5.74) is 0.175. The Balaban J connectivity index is 2.37. The zero-order valence-electron chi connectivity index (χ0n) is 12.9. The van der Waals surface area contributed by atoms with Crippen molar-refractivity contribution in [2.45, 2.75) is 38.8 Å². The average Bonchev–Trinajstić information content (AvgIpc) is 2.92. The molecule has 2 aromatic rings. The third-order valence-electron chi connectivity index (χ3n) is 3.72. The molecule has 0 spiro atoms. The number of aliphatic hydroxyl groups is 1. The first-order valence-electron chi connectivity index (χ1n) is 7.48. The lowest BCUT2D eigenvalue weighted by Gasteiger charge is -2.09. The molecule has 1 N–H and O–H groups in total. The zero-order chi connectivity index (χ0) is 16.1. The Morgan fingerprint density at radius 2 is 2.00 bits per heavy atom. The van der Waals surface area contributed by atoms with Gasteiger partial charge in [-0.25, -0.2) is 9.78 Å². The fourth-order valence-electron chi connectivity index (χ4n) is 2.53. The lowest BCUT2D eigenvalue weighted by molar-refractivity contribution is 0.282. The van der Waals surface area contributed by atoms with E-state index in [0.29, 0.717) is 24.3 Å². The molecule has 0 fully saturated rings. The molecule has 0 aliphatic rings. The van der Waals surface area contributed by atoms with E-state index in [4.69, 9.17) is 5.11 Å². The summed E-state index contributed by atoms with van der Waals surface area (Å²) in [5.74, 6) is 0. The van der Waals surface area contributed by atoms with Crippen LogP contribution in [0.2, 0.25) is 0 Å². The van der Waals surface area contributed by atoms with E-state index in [0.717, 1.165) is 25.7 Å². The lowest BCUT2D eigenvalue weighted by atomic mass is 10.2. The number of nitrogens with zero attached hydrogens (tertiary/aromatic N) is 4. The van der Waals surface area contributed by atoms with Gasteiger partial charge in [0.1, 0.15) is 0 Å².